The SMILES string of the molecule is CCO/N=C/COc1ccc(Cc2cc(C3CC(O)CC(CO)O3)ccc2Cl)cc1.CO. The summed E-state index contributed by atoms with van der Waals surface area (Å²) in [6.07, 6.45) is 2.13. The molecule has 0 amide bonds. The van der Waals surface area contributed by atoms with Crippen LogP contribution in [0.25, 0.3) is 0 Å². The number of halogens is 1. The summed E-state index contributed by atoms with van der Waals surface area (Å²) in [5, 5.41) is 30.9. The van der Waals surface area contributed by atoms with Gasteiger partial charge in [0.05, 0.1) is 31.1 Å². The molecule has 1 aliphatic rings. The fraction of sp³-hybridized carbons (Fsp3) is 0.458. The first-order valence-corrected chi connectivity index (χ1v) is 11.0. The lowest BCUT2D eigenvalue weighted by atomic mass is 9.94. The minimum Gasteiger partial charge on any atom is -0.488 e. The van der Waals surface area contributed by atoms with Crippen LogP contribution >= 0.6 is 11.6 Å². The molecule has 3 N–H and O–H groups in total. The molecule has 7 nitrogen and oxygen atoms in total. The topological polar surface area (TPSA) is 101 Å². The third kappa shape index (κ3) is 8.07. The maximum absolute atomic E-state index is 10.1. The number of hydrogen-bond donors (Lipinski definition) is 3. The molecule has 176 valence electrons. The molecule has 0 radical (unpaired) electrons. The lowest BCUT2D eigenvalue weighted by Crippen LogP contribution is -2.33. The molecule has 32 heavy (non-hydrogen) atoms. The van der Waals surface area contributed by atoms with Crippen LogP contribution in [0.4, 0.5) is 0 Å². The van der Waals surface area contributed by atoms with E-state index in [0.717, 1.165) is 29.5 Å². The Balaban J connectivity index is 0.00000176. The Hall–Kier alpha value is -2.16. The summed E-state index contributed by atoms with van der Waals surface area (Å²) < 4.78 is 11.5. The summed E-state index contributed by atoms with van der Waals surface area (Å²) in [6.45, 7) is 2.65. The van der Waals surface area contributed by atoms with Crippen LogP contribution in [0.15, 0.2) is 47.6 Å². The molecule has 1 aliphatic heterocycles. The predicted molar refractivity (Wildman–Crippen MR) is 124 cm³/mol. The van der Waals surface area contributed by atoms with Crippen molar-refractivity contribution in [2.24, 2.45) is 5.16 Å². The normalized spacial score (nSPS) is 20.5. The van der Waals surface area contributed by atoms with E-state index in [1.807, 2.05) is 49.4 Å². The maximum atomic E-state index is 10.1. The fourth-order valence-corrected chi connectivity index (χ4v) is 3.65. The van der Waals surface area contributed by atoms with Crippen LogP contribution in [0.5, 0.6) is 5.75 Å². The highest BCUT2D eigenvalue weighted by Gasteiger charge is 2.29. The van der Waals surface area contributed by atoms with E-state index < -0.39 is 6.10 Å². The van der Waals surface area contributed by atoms with E-state index in [0.29, 0.717) is 37.5 Å². The van der Waals surface area contributed by atoms with Gasteiger partial charge in [-0.15, -0.1) is 0 Å². The van der Waals surface area contributed by atoms with Crippen LogP contribution in [0.3, 0.4) is 0 Å². The molecule has 3 atom stereocenters. The van der Waals surface area contributed by atoms with E-state index in [1.54, 1.807) is 6.21 Å². The Labute approximate surface area is 194 Å². The van der Waals surface area contributed by atoms with Crippen LogP contribution in [0, 0.1) is 0 Å². The molecule has 1 fully saturated rings. The molecular weight excluding hydrogens is 434 g/mol. The largest absolute Gasteiger partial charge is 0.488 e. The standard InChI is InChI=1S/C23H28ClNO5.CH4O/c1-2-29-25-9-10-28-20-6-3-16(4-7-20)11-18-12-17(5-8-22(18)24)23-14-19(27)13-21(15-26)30-23;1-2/h3-9,12,19,21,23,26-27H,2,10-11,13-15H2,1H3;2H,1H3/b25-9+;. The van der Waals surface area contributed by atoms with E-state index in [2.05, 4.69) is 5.16 Å². The third-order valence-corrected chi connectivity index (χ3v) is 5.31. The van der Waals surface area contributed by atoms with Crippen molar-refractivity contribution in [3.8, 4) is 5.75 Å². The van der Waals surface area contributed by atoms with E-state index >= 15 is 0 Å². The van der Waals surface area contributed by atoms with E-state index in [4.69, 9.17) is 31.0 Å². The molecular formula is C24H32ClNO6. The van der Waals surface area contributed by atoms with Gasteiger partial charge in [0.25, 0.3) is 0 Å². The lowest BCUT2D eigenvalue weighted by molar-refractivity contribution is -0.113. The summed E-state index contributed by atoms with van der Waals surface area (Å²) in [5.74, 6) is 0.751. The molecule has 1 saturated heterocycles. The number of rotatable bonds is 9. The summed E-state index contributed by atoms with van der Waals surface area (Å²) in [4.78, 5) is 4.88. The molecule has 1 heterocycles. The van der Waals surface area contributed by atoms with Gasteiger partial charge in [-0.3, -0.25) is 0 Å². The predicted octanol–water partition coefficient (Wildman–Crippen LogP) is 3.51. The Bertz CT molecular complexity index is 830. The molecule has 8 heteroatoms. The minimum absolute atomic E-state index is 0.0973. The molecule has 2 aromatic rings. The first kappa shape index (κ1) is 26.1. The number of hydrogen-bond acceptors (Lipinski definition) is 7. The Kier molecular flexibility index (Phi) is 11.5. The quantitative estimate of drug-likeness (QED) is 0.387. The lowest BCUT2D eigenvalue weighted by Gasteiger charge is -2.32. The highest BCUT2D eigenvalue weighted by molar-refractivity contribution is 6.31. The van der Waals surface area contributed by atoms with Crippen LogP contribution in [-0.4, -0.2) is 60.7 Å². The van der Waals surface area contributed by atoms with Crippen LogP contribution in [0.1, 0.15) is 42.6 Å². The van der Waals surface area contributed by atoms with E-state index in [1.165, 1.54) is 0 Å². The summed E-state index contributed by atoms with van der Waals surface area (Å²) in [5.41, 5.74) is 3.04. The smallest absolute Gasteiger partial charge is 0.127 e. The Morgan fingerprint density at radius 3 is 2.59 bits per heavy atom. The van der Waals surface area contributed by atoms with Gasteiger partial charge in [-0.25, -0.2) is 0 Å². The van der Waals surface area contributed by atoms with Gasteiger partial charge in [-0.1, -0.05) is 41.0 Å². The zero-order valence-electron chi connectivity index (χ0n) is 18.5. The summed E-state index contributed by atoms with van der Waals surface area (Å²) in [7, 11) is 1.00. The Morgan fingerprint density at radius 1 is 1.16 bits per heavy atom. The first-order valence-electron chi connectivity index (χ1n) is 10.6. The number of aliphatic hydroxyl groups excluding tert-OH is 3. The van der Waals surface area contributed by atoms with Gasteiger partial charge in [-0.2, -0.15) is 0 Å². The molecule has 0 spiro atoms. The average molecular weight is 466 g/mol. The van der Waals surface area contributed by atoms with Crippen molar-refractivity contribution in [1.29, 1.82) is 0 Å². The van der Waals surface area contributed by atoms with Gasteiger partial charge in [0.15, 0.2) is 0 Å². The van der Waals surface area contributed by atoms with Crippen molar-refractivity contribution in [2.75, 3.05) is 26.9 Å². The number of benzene rings is 2. The second-order valence-corrected chi connectivity index (χ2v) is 7.65. The Morgan fingerprint density at radius 2 is 1.91 bits per heavy atom. The van der Waals surface area contributed by atoms with Gasteiger partial charge in [0.1, 0.15) is 19.0 Å². The van der Waals surface area contributed by atoms with Crippen molar-refractivity contribution < 1.29 is 29.6 Å². The average Bonchev–Trinajstić information content (AvgIpc) is 2.82. The van der Waals surface area contributed by atoms with Crippen molar-refractivity contribution in [3.05, 3.63) is 64.2 Å². The molecule has 0 bridgehead atoms. The van der Waals surface area contributed by atoms with Gasteiger partial charge in [-0.05, 0) is 48.2 Å². The summed E-state index contributed by atoms with van der Waals surface area (Å²) >= 11 is 6.43. The number of oxime groups is 1. The van der Waals surface area contributed by atoms with Crippen molar-refractivity contribution >= 4 is 17.8 Å². The van der Waals surface area contributed by atoms with Crippen LogP contribution in [-0.2, 0) is 16.0 Å². The van der Waals surface area contributed by atoms with Crippen LogP contribution in [0.2, 0.25) is 5.02 Å². The van der Waals surface area contributed by atoms with Crippen LogP contribution < -0.4 is 4.74 Å². The van der Waals surface area contributed by atoms with Gasteiger partial charge < -0.3 is 29.6 Å². The first-order chi connectivity index (χ1) is 15.6. The zero-order valence-corrected chi connectivity index (χ0v) is 19.2. The third-order valence-electron chi connectivity index (χ3n) is 4.94. The van der Waals surface area contributed by atoms with Gasteiger partial charge in [0.2, 0.25) is 0 Å². The molecule has 2 aromatic carbocycles. The second-order valence-electron chi connectivity index (χ2n) is 7.24. The zero-order chi connectivity index (χ0) is 23.3. The van der Waals surface area contributed by atoms with E-state index in [-0.39, 0.29) is 18.8 Å². The van der Waals surface area contributed by atoms with Gasteiger partial charge >= 0.3 is 0 Å². The molecule has 0 saturated carbocycles. The van der Waals surface area contributed by atoms with Gasteiger partial charge in [0, 0.05) is 25.0 Å². The minimum atomic E-state index is -0.480. The molecule has 3 unspecified atom stereocenters. The number of nitrogens with zero attached hydrogens (tertiary/aromatic N) is 1. The fourth-order valence-electron chi connectivity index (χ4n) is 3.47. The monoisotopic (exact) mass is 465 g/mol. The molecule has 3 rings (SSSR count). The molecule has 0 aromatic heterocycles. The summed E-state index contributed by atoms with van der Waals surface area (Å²) in [6, 6.07) is 13.6. The second kappa shape index (κ2) is 14.1. The highest BCUT2D eigenvalue weighted by atomic mass is 35.5. The number of aliphatic hydroxyl groups is 3. The van der Waals surface area contributed by atoms with Crippen molar-refractivity contribution in [1.82, 2.24) is 0 Å². The number of ether oxygens (including phenoxy) is 2. The van der Waals surface area contributed by atoms with E-state index in [9.17, 15) is 10.2 Å². The maximum Gasteiger partial charge on any atom is 0.127 e. The highest BCUT2D eigenvalue weighted by Crippen LogP contribution is 2.33. The van der Waals surface area contributed by atoms with Crippen molar-refractivity contribution in [2.45, 2.75) is 44.5 Å². The molecule has 0 aliphatic carbocycles. The van der Waals surface area contributed by atoms with Crippen molar-refractivity contribution in [3.63, 3.8) is 0 Å².